The quantitative estimate of drug-likeness (QED) is 0.360. The monoisotopic (exact) mass is 487 g/mol. The molecule has 0 saturated carbocycles. The molecule has 2 amide bonds. The van der Waals surface area contributed by atoms with Crippen LogP contribution in [0.15, 0.2) is 96.2 Å². The SMILES string of the molecule is Cc1ccc(C(=O)Nc2ccc(S(=O)(=O)Nc3ncccn3)cc2)cc1NC(=O)c1ccccc1. The Morgan fingerprint density at radius 1 is 0.743 bits per heavy atom. The molecule has 35 heavy (non-hydrogen) atoms. The molecule has 0 unspecified atom stereocenters. The highest BCUT2D eigenvalue weighted by Crippen LogP contribution is 2.21. The van der Waals surface area contributed by atoms with Gasteiger partial charge in [0.1, 0.15) is 0 Å². The van der Waals surface area contributed by atoms with Crippen LogP contribution < -0.4 is 15.4 Å². The largest absolute Gasteiger partial charge is 0.322 e. The van der Waals surface area contributed by atoms with Crippen molar-refractivity contribution >= 4 is 39.2 Å². The van der Waals surface area contributed by atoms with Gasteiger partial charge < -0.3 is 10.6 Å². The number of hydrogen-bond donors (Lipinski definition) is 3. The Morgan fingerprint density at radius 3 is 2.09 bits per heavy atom. The lowest BCUT2D eigenvalue weighted by atomic mass is 10.1. The molecule has 4 aromatic rings. The number of aromatic nitrogens is 2. The minimum atomic E-state index is -3.88. The molecule has 1 aromatic heterocycles. The summed E-state index contributed by atoms with van der Waals surface area (Å²) in [6.45, 7) is 1.83. The van der Waals surface area contributed by atoms with E-state index in [0.29, 0.717) is 22.5 Å². The van der Waals surface area contributed by atoms with Crippen molar-refractivity contribution in [1.29, 1.82) is 0 Å². The molecule has 0 spiro atoms. The van der Waals surface area contributed by atoms with E-state index < -0.39 is 15.9 Å². The average molecular weight is 488 g/mol. The van der Waals surface area contributed by atoms with Crippen LogP contribution in [0.4, 0.5) is 17.3 Å². The highest BCUT2D eigenvalue weighted by molar-refractivity contribution is 7.92. The van der Waals surface area contributed by atoms with E-state index in [4.69, 9.17) is 0 Å². The van der Waals surface area contributed by atoms with Gasteiger partial charge >= 0.3 is 0 Å². The summed E-state index contributed by atoms with van der Waals surface area (Å²) in [7, 11) is -3.88. The van der Waals surface area contributed by atoms with Crippen molar-refractivity contribution in [3.8, 4) is 0 Å². The van der Waals surface area contributed by atoms with Crippen LogP contribution in [0.25, 0.3) is 0 Å². The Bertz CT molecular complexity index is 1460. The summed E-state index contributed by atoms with van der Waals surface area (Å²) in [5.74, 6) is -0.733. The number of carbonyl (C=O) groups excluding carboxylic acids is 2. The third kappa shape index (κ3) is 5.87. The molecule has 1 heterocycles. The van der Waals surface area contributed by atoms with Crippen LogP contribution in [-0.4, -0.2) is 30.2 Å². The van der Waals surface area contributed by atoms with Gasteiger partial charge in [0.15, 0.2) is 0 Å². The Labute approximate surface area is 202 Å². The lowest BCUT2D eigenvalue weighted by Crippen LogP contribution is -2.16. The van der Waals surface area contributed by atoms with Gasteiger partial charge in [-0.15, -0.1) is 0 Å². The van der Waals surface area contributed by atoms with Gasteiger partial charge in [-0.1, -0.05) is 24.3 Å². The maximum Gasteiger partial charge on any atom is 0.264 e. The number of anilines is 3. The summed E-state index contributed by atoms with van der Waals surface area (Å²) in [4.78, 5) is 33.0. The number of aryl methyl sites for hydroxylation is 1. The topological polar surface area (TPSA) is 130 Å². The molecule has 0 saturated heterocycles. The summed E-state index contributed by atoms with van der Waals surface area (Å²) in [5, 5.41) is 5.55. The number of amides is 2. The number of rotatable bonds is 7. The second kappa shape index (κ2) is 10.1. The third-order valence-corrected chi connectivity index (χ3v) is 6.34. The fourth-order valence-electron chi connectivity index (χ4n) is 3.13. The molecule has 0 bridgehead atoms. The number of hydrogen-bond acceptors (Lipinski definition) is 6. The van der Waals surface area contributed by atoms with Gasteiger partial charge in [0, 0.05) is 34.9 Å². The van der Waals surface area contributed by atoms with Gasteiger partial charge in [-0.3, -0.25) is 9.59 Å². The highest BCUT2D eigenvalue weighted by Gasteiger charge is 2.16. The first-order chi connectivity index (χ1) is 16.8. The Morgan fingerprint density at radius 2 is 1.40 bits per heavy atom. The van der Waals surface area contributed by atoms with Gasteiger partial charge in [0.25, 0.3) is 21.8 Å². The first-order valence-corrected chi connectivity index (χ1v) is 12.0. The minimum Gasteiger partial charge on any atom is -0.322 e. The standard InChI is InChI=1S/C25H21N5O4S/c1-17-8-9-19(16-22(17)29-23(31)18-6-3-2-4-7-18)24(32)28-20-10-12-21(13-11-20)35(33,34)30-25-26-14-5-15-27-25/h2-16H,1H3,(H,28,32)(H,29,31)(H,26,27,30). The maximum absolute atomic E-state index is 12.8. The van der Waals surface area contributed by atoms with E-state index >= 15 is 0 Å². The van der Waals surface area contributed by atoms with E-state index in [0.717, 1.165) is 5.56 Å². The fraction of sp³-hybridized carbons (Fsp3) is 0.0400. The first-order valence-electron chi connectivity index (χ1n) is 10.5. The summed E-state index contributed by atoms with van der Waals surface area (Å²) in [5.41, 5.74) is 2.56. The van der Waals surface area contributed by atoms with Crippen molar-refractivity contribution in [2.75, 3.05) is 15.4 Å². The molecule has 10 heteroatoms. The van der Waals surface area contributed by atoms with Crippen molar-refractivity contribution in [3.05, 3.63) is 108 Å². The van der Waals surface area contributed by atoms with E-state index in [2.05, 4.69) is 25.3 Å². The molecule has 0 atom stereocenters. The second-order valence-electron chi connectivity index (χ2n) is 7.51. The zero-order valence-corrected chi connectivity index (χ0v) is 19.4. The van der Waals surface area contributed by atoms with Gasteiger partial charge in [-0.25, -0.2) is 23.1 Å². The van der Waals surface area contributed by atoms with E-state index in [1.807, 2.05) is 13.0 Å². The van der Waals surface area contributed by atoms with Crippen molar-refractivity contribution in [2.24, 2.45) is 0 Å². The average Bonchev–Trinajstić information content (AvgIpc) is 2.86. The molecule has 0 aliphatic carbocycles. The Kier molecular flexibility index (Phi) is 6.83. The van der Waals surface area contributed by atoms with Crippen LogP contribution in [0.5, 0.6) is 0 Å². The Balaban J connectivity index is 1.45. The van der Waals surface area contributed by atoms with Crippen LogP contribution in [0.3, 0.4) is 0 Å². The molecular formula is C25H21N5O4S. The van der Waals surface area contributed by atoms with Gasteiger partial charge in [0.05, 0.1) is 4.90 Å². The summed E-state index contributed by atoms with van der Waals surface area (Å²) < 4.78 is 27.3. The van der Waals surface area contributed by atoms with E-state index in [-0.39, 0.29) is 16.8 Å². The summed E-state index contributed by atoms with van der Waals surface area (Å²) >= 11 is 0. The molecule has 0 aliphatic heterocycles. The molecular weight excluding hydrogens is 466 g/mol. The van der Waals surface area contributed by atoms with Gasteiger partial charge in [-0.2, -0.15) is 0 Å². The van der Waals surface area contributed by atoms with Crippen molar-refractivity contribution in [2.45, 2.75) is 11.8 Å². The molecule has 4 rings (SSSR count). The molecule has 3 aromatic carbocycles. The number of carbonyl (C=O) groups is 2. The van der Waals surface area contributed by atoms with Crippen LogP contribution >= 0.6 is 0 Å². The van der Waals surface area contributed by atoms with Gasteiger partial charge in [-0.05, 0) is 67.1 Å². The zero-order valence-electron chi connectivity index (χ0n) is 18.6. The van der Waals surface area contributed by atoms with E-state index in [9.17, 15) is 18.0 Å². The maximum atomic E-state index is 12.8. The molecule has 3 N–H and O–H groups in total. The van der Waals surface area contributed by atoms with Crippen LogP contribution in [0, 0.1) is 6.92 Å². The second-order valence-corrected chi connectivity index (χ2v) is 9.19. The van der Waals surface area contributed by atoms with Gasteiger partial charge in [0.2, 0.25) is 5.95 Å². The molecule has 176 valence electrons. The lowest BCUT2D eigenvalue weighted by Gasteiger charge is -2.12. The molecule has 9 nitrogen and oxygen atoms in total. The minimum absolute atomic E-state index is 0.0100. The number of benzene rings is 3. The molecule has 0 aliphatic rings. The molecule has 0 radical (unpaired) electrons. The van der Waals surface area contributed by atoms with E-state index in [1.54, 1.807) is 48.5 Å². The zero-order chi connectivity index (χ0) is 24.8. The number of nitrogens with one attached hydrogen (secondary N) is 3. The van der Waals surface area contributed by atoms with Crippen molar-refractivity contribution in [1.82, 2.24) is 9.97 Å². The first kappa shape index (κ1) is 23.6. The predicted molar refractivity (Wildman–Crippen MR) is 133 cm³/mol. The highest BCUT2D eigenvalue weighted by atomic mass is 32.2. The fourth-order valence-corrected chi connectivity index (χ4v) is 4.09. The van der Waals surface area contributed by atoms with Crippen LogP contribution in [0.2, 0.25) is 0 Å². The number of sulfonamides is 1. The Hall–Kier alpha value is -4.57. The summed E-state index contributed by atoms with van der Waals surface area (Å²) in [6, 6.07) is 21.0. The lowest BCUT2D eigenvalue weighted by molar-refractivity contribution is 0.101. The smallest absolute Gasteiger partial charge is 0.264 e. The molecule has 0 fully saturated rings. The summed E-state index contributed by atoms with van der Waals surface area (Å²) in [6.07, 6.45) is 2.85. The van der Waals surface area contributed by atoms with Crippen LogP contribution in [0.1, 0.15) is 26.3 Å². The normalized spacial score (nSPS) is 10.9. The van der Waals surface area contributed by atoms with Crippen molar-refractivity contribution in [3.63, 3.8) is 0 Å². The van der Waals surface area contributed by atoms with Crippen LogP contribution in [-0.2, 0) is 10.0 Å². The third-order valence-electron chi connectivity index (χ3n) is 5.00. The van der Waals surface area contributed by atoms with E-state index in [1.165, 1.54) is 36.7 Å². The number of nitrogens with zero attached hydrogens (tertiary/aromatic N) is 2. The predicted octanol–water partition coefficient (Wildman–Crippen LogP) is 4.09. The van der Waals surface area contributed by atoms with Crippen molar-refractivity contribution < 1.29 is 18.0 Å².